The number of carbonyl (C=O) groups is 2. The van der Waals surface area contributed by atoms with Gasteiger partial charge in [-0.05, 0) is 54.8 Å². The number of nitrogens with zero attached hydrogens (tertiary/aromatic N) is 3. The molecule has 0 aliphatic carbocycles. The van der Waals surface area contributed by atoms with Crippen LogP contribution in [0.4, 0.5) is 0 Å². The van der Waals surface area contributed by atoms with Crippen LogP contribution in [0.15, 0.2) is 82.6 Å². The largest absolute Gasteiger partial charge is 0.473 e. The van der Waals surface area contributed by atoms with Crippen molar-refractivity contribution in [1.82, 2.24) is 14.9 Å². The Morgan fingerprint density at radius 1 is 1.03 bits per heavy atom. The number of fused-ring (bicyclic) bond motifs is 1. The topological polar surface area (TPSA) is 126 Å². The standard InChI is InChI=1S/C26H26ClN3O2S.C2H2O4/c27-20-10-8-19(9-11-20)25(23-6-3-4-14-28-23)31-21-12-15-30(16-13-21)17-18-33-26-29-22-5-1-2-7-24(22)32-26;3-1(4)2(5)6/h1-11,14,21,25H,12-13,15-18H2;(H,3,4)(H,5,6). The third kappa shape index (κ3) is 8.52. The first-order valence-corrected chi connectivity index (χ1v) is 13.7. The maximum absolute atomic E-state index is 9.10. The van der Waals surface area contributed by atoms with Crippen molar-refractivity contribution in [3.63, 3.8) is 0 Å². The lowest BCUT2D eigenvalue weighted by molar-refractivity contribution is -0.159. The molecule has 2 aromatic carbocycles. The van der Waals surface area contributed by atoms with Gasteiger partial charge in [0.05, 0.1) is 11.8 Å². The Bertz CT molecular complexity index is 1320. The first-order chi connectivity index (χ1) is 18.9. The zero-order valence-electron chi connectivity index (χ0n) is 21.0. The summed E-state index contributed by atoms with van der Waals surface area (Å²) in [4.78, 5) is 29.8. The average Bonchev–Trinajstić information content (AvgIpc) is 3.37. The summed E-state index contributed by atoms with van der Waals surface area (Å²) in [6.07, 6.45) is 3.84. The van der Waals surface area contributed by atoms with E-state index in [1.807, 2.05) is 72.9 Å². The summed E-state index contributed by atoms with van der Waals surface area (Å²) in [6, 6.07) is 21.7. The fourth-order valence-electron chi connectivity index (χ4n) is 4.12. The maximum Gasteiger partial charge on any atom is 0.414 e. The summed E-state index contributed by atoms with van der Waals surface area (Å²) in [6.45, 7) is 3.06. The van der Waals surface area contributed by atoms with E-state index >= 15 is 0 Å². The molecule has 2 N–H and O–H groups in total. The second-order valence-corrected chi connectivity index (χ2v) is 10.3. The van der Waals surface area contributed by atoms with E-state index in [0.29, 0.717) is 0 Å². The first kappa shape index (κ1) is 28.6. The van der Waals surface area contributed by atoms with Crippen LogP contribution in [0.3, 0.4) is 0 Å². The predicted molar refractivity (Wildman–Crippen MR) is 148 cm³/mol. The van der Waals surface area contributed by atoms with E-state index in [-0.39, 0.29) is 12.2 Å². The van der Waals surface area contributed by atoms with Crippen LogP contribution in [0, 0.1) is 0 Å². The van der Waals surface area contributed by atoms with Crippen molar-refractivity contribution in [2.75, 3.05) is 25.4 Å². The minimum atomic E-state index is -1.82. The van der Waals surface area contributed by atoms with Crippen molar-refractivity contribution < 1.29 is 29.0 Å². The second-order valence-electron chi connectivity index (χ2n) is 8.77. The van der Waals surface area contributed by atoms with Crippen molar-refractivity contribution in [3.05, 3.63) is 89.2 Å². The van der Waals surface area contributed by atoms with Crippen molar-refractivity contribution in [2.24, 2.45) is 0 Å². The van der Waals surface area contributed by atoms with Crippen LogP contribution < -0.4 is 0 Å². The normalized spacial score (nSPS) is 14.9. The number of piperidine rings is 1. The van der Waals surface area contributed by atoms with Crippen molar-refractivity contribution >= 4 is 46.4 Å². The van der Waals surface area contributed by atoms with Gasteiger partial charge in [0.2, 0.25) is 0 Å². The summed E-state index contributed by atoms with van der Waals surface area (Å²) in [7, 11) is 0. The molecule has 1 aliphatic rings. The summed E-state index contributed by atoms with van der Waals surface area (Å²) in [5.74, 6) is -2.69. The number of carboxylic acids is 2. The van der Waals surface area contributed by atoms with E-state index in [1.165, 1.54) is 0 Å². The van der Waals surface area contributed by atoms with E-state index < -0.39 is 11.9 Å². The number of likely N-dealkylation sites (tertiary alicyclic amines) is 1. The van der Waals surface area contributed by atoms with E-state index in [4.69, 9.17) is 40.6 Å². The maximum atomic E-state index is 9.10. The first-order valence-electron chi connectivity index (χ1n) is 12.4. The van der Waals surface area contributed by atoms with Gasteiger partial charge in [0, 0.05) is 36.6 Å². The fourth-order valence-corrected chi connectivity index (χ4v) is 5.09. The van der Waals surface area contributed by atoms with Gasteiger partial charge in [-0.1, -0.05) is 53.7 Å². The zero-order chi connectivity index (χ0) is 27.6. The lowest BCUT2D eigenvalue weighted by Gasteiger charge is -2.33. The molecule has 3 heterocycles. The lowest BCUT2D eigenvalue weighted by atomic mass is 10.0. The third-order valence-electron chi connectivity index (χ3n) is 6.08. The van der Waals surface area contributed by atoms with Crippen LogP contribution >= 0.6 is 23.4 Å². The molecule has 0 amide bonds. The molecule has 4 aromatic rings. The summed E-state index contributed by atoms with van der Waals surface area (Å²) < 4.78 is 12.4. The molecule has 0 bridgehead atoms. The van der Waals surface area contributed by atoms with Gasteiger partial charge < -0.3 is 24.3 Å². The highest BCUT2D eigenvalue weighted by Crippen LogP contribution is 2.30. The van der Waals surface area contributed by atoms with Crippen LogP contribution in [-0.2, 0) is 14.3 Å². The molecule has 204 valence electrons. The quantitative estimate of drug-likeness (QED) is 0.210. The van der Waals surface area contributed by atoms with Gasteiger partial charge in [-0.2, -0.15) is 0 Å². The number of ether oxygens (including phenoxy) is 1. The monoisotopic (exact) mass is 569 g/mol. The summed E-state index contributed by atoms with van der Waals surface area (Å²) >= 11 is 7.78. The van der Waals surface area contributed by atoms with Crippen LogP contribution in [-0.4, -0.2) is 68.5 Å². The lowest BCUT2D eigenvalue weighted by Crippen LogP contribution is -2.38. The molecule has 9 nitrogen and oxygen atoms in total. The smallest absolute Gasteiger partial charge is 0.414 e. The number of halogens is 1. The van der Waals surface area contributed by atoms with Crippen LogP contribution in [0.5, 0.6) is 0 Å². The third-order valence-corrected chi connectivity index (χ3v) is 7.14. The SMILES string of the molecule is Clc1ccc(C(OC2CCN(CCSc3nc4ccccc4o3)CC2)c2ccccn2)cc1.O=C(O)C(=O)O. The van der Waals surface area contributed by atoms with Crippen LogP contribution in [0.2, 0.25) is 5.02 Å². The fraction of sp³-hybridized carbons (Fsp3) is 0.286. The minimum absolute atomic E-state index is 0.185. The Morgan fingerprint density at radius 2 is 1.72 bits per heavy atom. The van der Waals surface area contributed by atoms with Crippen LogP contribution in [0.1, 0.15) is 30.2 Å². The molecule has 2 aromatic heterocycles. The number of pyridine rings is 1. The predicted octanol–water partition coefficient (Wildman–Crippen LogP) is 5.39. The molecule has 0 saturated carbocycles. The molecular formula is C28H28ClN3O6S. The number of aromatic nitrogens is 2. The highest BCUT2D eigenvalue weighted by Gasteiger charge is 2.25. The molecule has 1 unspecified atom stereocenters. The van der Waals surface area contributed by atoms with Crippen molar-refractivity contribution in [1.29, 1.82) is 0 Å². The van der Waals surface area contributed by atoms with Crippen molar-refractivity contribution in [2.45, 2.75) is 30.3 Å². The molecular weight excluding hydrogens is 542 g/mol. The Kier molecular flexibility index (Phi) is 10.3. The highest BCUT2D eigenvalue weighted by atomic mass is 35.5. The molecule has 1 atom stereocenters. The number of rotatable bonds is 8. The van der Waals surface area contributed by atoms with E-state index in [2.05, 4.69) is 14.9 Å². The number of thioether (sulfide) groups is 1. The number of oxazole rings is 1. The summed E-state index contributed by atoms with van der Waals surface area (Å²) in [5, 5.41) is 16.3. The molecule has 1 saturated heterocycles. The van der Waals surface area contributed by atoms with E-state index in [1.54, 1.807) is 11.8 Å². The van der Waals surface area contributed by atoms with Gasteiger partial charge in [0.1, 0.15) is 11.6 Å². The number of para-hydroxylation sites is 2. The Labute approximate surface area is 234 Å². The number of hydrogen-bond donors (Lipinski definition) is 2. The van der Waals surface area contributed by atoms with Gasteiger partial charge in [-0.25, -0.2) is 14.6 Å². The molecule has 0 radical (unpaired) electrons. The van der Waals surface area contributed by atoms with Gasteiger partial charge in [0.25, 0.3) is 5.22 Å². The molecule has 5 rings (SSSR count). The summed E-state index contributed by atoms with van der Waals surface area (Å²) in [5.41, 5.74) is 3.77. The zero-order valence-corrected chi connectivity index (χ0v) is 22.6. The Balaban J connectivity index is 0.000000531. The van der Waals surface area contributed by atoms with Gasteiger partial charge in [0.15, 0.2) is 5.58 Å². The second kappa shape index (κ2) is 14.1. The van der Waals surface area contributed by atoms with E-state index in [9.17, 15) is 0 Å². The molecule has 0 spiro atoms. The number of carboxylic acid groups (broad SMARTS) is 2. The van der Waals surface area contributed by atoms with Crippen molar-refractivity contribution in [3.8, 4) is 0 Å². The molecule has 11 heteroatoms. The number of benzene rings is 2. The Hall–Kier alpha value is -3.44. The molecule has 1 aliphatic heterocycles. The highest BCUT2D eigenvalue weighted by molar-refractivity contribution is 7.99. The van der Waals surface area contributed by atoms with Gasteiger partial charge in [-0.15, -0.1) is 0 Å². The molecule has 39 heavy (non-hydrogen) atoms. The van der Waals surface area contributed by atoms with Gasteiger partial charge >= 0.3 is 11.9 Å². The number of hydrogen-bond acceptors (Lipinski definition) is 8. The average molecular weight is 570 g/mol. The Morgan fingerprint density at radius 3 is 2.36 bits per heavy atom. The minimum Gasteiger partial charge on any atom is -0.473 e. The van der Waals surface area contributed by atoms with E-state index in [0.717, 1.165) is 70.8 Å². The van der Waals surface area contributed by atoms with Crippen LogP contribution in [0.25, 0.3) is 11.1 Å². The molecule has 1 fully saturated rings. The van der Waals surface area contributed by atoms with Gasteiger partial charge in [-0.3, -0.25) is 4.98 Å². The number of aliphatic carboxylic acids is 2.